The van der Waals surface area contributed by atoms with Crippen molar-refractivity contribution in [3.63, 3.8) is 0 Å². The first-order valence-electron chi connectivity index (χ1n) is 10.2. The fourth-order valence-corrected chi connectivity index (χ4v) is 4.48. The van der Waals surface area contributed by atoms with Gasteiger partial charge < -0.3 is 10.6 Å². The number of halogens is 2. The van der Waals surface area contributed by atoms with Crippen LogP contribution in [-0.4, -0.2) is 34.2 Å². The first kappa shape index (κ1) is 27.4. The maximum Gasteiger partial charge on any atom is 0.191 e. The fraction of sp³-hybridized carbons (Fsp3) is 0.435. The van der Waals surface area contributed by atoms with Crippen molar-refractivity contribution < 1.29 is 12.8 Å². The third kappa shape index (κ3) is 8.07. The molecule has 0 unspecified atom stereocenters. The van der Waals surface area contributed by atoms with E-state index >= 15 is 0 Å². The number of rotatable bonds is 9. The molecule has 0 aliphatic carbocycles. The molecule has 31 heavy (non-hydrogen) atoms. The number of nitrogens with zero attached hydrogens (tertiary/aromatic N) is 1. The molecule has 0 spiro atoms. The zero-order valence-corrected chi connectivity index (χ0v) is 21.8. The highest BCUT2D eigenvalue weighted by molar-refractivity contribution is 14.0. The molecule has 0 heterocycles. The minimum Gasteiger partial charge on any atom is -0.356 e. The molecule has 0 atom stereocenters. The van der Waals surface area contributed by atoms with Gasteiger partial charge in [-0.25, -0.2) is 12.8 Å². The fourth-order valence-electron chi connectivity index (χ4n) is 3.64. The van der Waals surface area contributed by atoms with E-state index in [9.17, 15) is 12.8 Å². The van der Waals surface area contributed by atoms with E-state index in [0.717, 1.165) is 12.8 Å². The summed E-state index contributed by atoms with van der Waals surface area (Å²) in [6.07, 6.45) is 3.12. The Bertz CT molecular complexity index is 962. The minimum atomic E-state index is -3.22. The maximum atomic E-state index is 13.7. The summed E-state index contributed by atoms with van der Waals surface area (Å²) in [5, 5.41) is 6.58. The van der Waals surface area contributed by atoms with E-state index in [1.54, 1.807) is 7.05 Å². The Morgan fingerprint density at radius 2 is 1.68 bits per heavy atom. The molecule has 5 nitrogen and oxygen atoms in total. The molecule has 2 aromatic rings. The van der Waals surface area contributed by atoms with Gasteiger partial charge in [0.15, 0.2) is 15.8 Å². The Balaban J connectivity index is 0.00000480. The Morgan fingerprint density at radius 1 is 1.03 bits per heavy atom. The molecule has 0 aromatic heterocycles. The van der Waals surface area contributed by atoms with Crippen molar-refractivity contribution in [2.45, 2.75) is 44.4 Å². The summed E-state index contributed by atoms with van der Waals surface area (Å²) in [6.45, 7) is 5.33. The molecule has 0 aliphatic rings. The predicted octanol–water partition coefficient (Wildman–Crippen LogP) is 4.41. The van der Waals surface area contributed by atoms with Crippen LogP contribution < -0.4 is 10.6 Å². The van der Waals surface area contributed by atoms with Crippen molar-refractivity contribution in [3.8, 4) is 0 Å². The number of aliphatic imine (C=N–C) groups is 1. The van der Waals surface area contributed by atoms with Gasteiger partial charge in [0.2, 0.25) is 0 Å². The van der Waals surface area contributed by atoms with E-state index in [4.69, 9.17) is 0 Å². The van der Waals surface area contributed by atoms with Gasteiger partial charge in [0.1, 0.15) is 5.82 Å². The zero-order chi connectivity index (χ0) is 22.2. The van der Waals surface area contributed by atoms with Crippen molar-refractivity contribution in [3.05, 3.63) is 71.0 Å². The highest BCUT2D eigenvalue weighted by Crippen LogP contribution is 2.30. The number of sulfone groups is 1. The Morgan fingerprint density at radius 3 is 2.23 bits per heavy atom. The molecule has 2 aromatic carbocycles. The van der Waals surface area contributed by atoms with Crippen LogP contribution in [0.15, 0.2) is 53.5 Å². The lowest BCUT2D eigenvalue weighted by Gasteiger charge is -2.33. The molecule has 0 saturated heterocycles. The van der Waals surface area contributed by atoms with Crippen molar-refractivity contribution in [1.82, 2.24) is 10.6 Å². The summed E-state index contributed by atoms with van der Waals surface area (Å²) in [6, 6.07) is 14.6. The van der Waals surface area contributed by atoms with Gasteiger partial charge in [0.05, 0.1) is 5.75 Å². The number of guanidine groups is 1. The minimum absolute atomic E-state index is 0. The van der Waals surface area contributed by atoms with E-state index in [1.165, 1.54) is 30.0 Å². The third-order valence-corrected chi connectivity index (χ3v) is 6.43. The normalized spacial score (nSPS) is 12.2. The molecule has 2 rings (SSSR count). The smallest absolute Gasteiger partial charge is 0.191 e. The molecular weight excluding hydrogens is 528 g/mol. The van der Waals surface area contributed by atoms with E-state index in [2.05, 4.69) is 53.7 Å². The van der Waals surface area contributed by atoms with E-state index in [-0.39, 0.29) is 41.7 Å². The maximum absolute atomic E-state index is 13.7. The van der Waals surface area contributed by atoms with Crippen LogP contribution in [0, 0.1) is 5.82 Å². The highest BCUT2D eigenvalue weighted by Gasteiger charge is 2.28. The summed E-state index contributed by atoms with van der Waals surface area (Å²) in [5.74, 6) is 0.0675. The molecule has 8 heteroatoms. The van der Waals surface area contributed by atoms with Gasteiger partial charge in [0, 0.05) is 31.8 Å². The van der Waals surface area contributed by atoms with Crippen LogP contribution in [0.1, 0.15) is 43.4 Å². The third-order valence-electron chi connectivity index (χ3n) is 5.59. The number of nitrogens with one attached hydrogen (secondary N) is 2. The Kier molecular flexibility index (Phi) is 10.9. The van der Waals surface area contributed by atoms with Crippen molar-refractivity contribution in [1.29, 1.82) is 0 Å². The topological polar surface area (TPSA) is 70.6 Å². The lowest BCUT2D eigenvalue weighted by Crippen LogP contribution is -2.45. The molecule has 0 amide bonds. The Labute approximate surface area is 202 Å². The molecule has 0 fully saturated rings. The van der Waals surface area contributed by atoms with Gasteiger partial charge in [-0.2, -0.15) is 0 Å². The molecule has 0 saturated carbocycles. The predicted molar refractivity (Wildman–Crippen MR) is 137 cm³/mol. The monoisotopic (exact) mass is 561 g/mol. The summed E-state index contributed by atoms with van der Waals surface area (Å²) in [7, 11) is -1.54. The average molecular weight is 562 g/mol. The number of hydrogen-bond acceptors (Lipinski definition) is 3. The first-order chi connectivity index (χ1) is 14.2. The second kappa shape index (κ2) is 12.4. The van der Waals surface area contributed by atoms with Gasteiger partial charge in [-0.3, -0.25) is 4.99 Å². The van der Waals surface area contributed by atoms with Crippen LogP contribution in [0.4, 0.5) is 4.39 Å². The van der Waals surface area contributed by atoms with E-state index < -0.39 is 15.7 Å². The standard InChI is InChI=1S/C23H32FN3O2S.HI/c1-5-23(6-2,20-10-8-7-9-11-20)17-27-22(25-3)26-15-19-14-21(24)13-12-18(19)16-30(4,28)29;/h7-14H,5-6,15-17H2,1-4H3,(H2,25,26,27);1H. The van der Waals surface area contributed by atoms with Crippen molar-refractivity contribution in [2.24, 2.45) is 4.99 Å². The second-order valence-electron chi connectivity index (χ2n) is 7.62. The number of hydrogen-bond donors (Lipinski definition) is 2. The van der Waals surface area contributed by atoms with Gasteiger partial charge in [0.25, 0.3) is 0 Å². The van der Waals surface area contributed by atoms with Crippen LogP contribution >= 0.6 is 24.0 Å². The second-order valence-corrected chi connectivity index (χ2v) is 9.76. The van der Waals surface area contributed by atoms with Crippen LogP contribution in [0.25, 0.3) is 0 Å². The molecule has 2 N–H and O–H groups in total. The largest absolute Gasteiger partial charge is 0.356 e. The quantitative estimate of drug-likeness (QED) is 0.271. The summed E-state index contributed by atoms with van der Waals surface area (Å²) in [5.41, 5.74) is 2.43. The van der Waals surface area contributed by atoms with Crippen LogP contribution in [0.2, 0.25) is 0 Å². The summed E-state index contributed by atoms with van der Waals surface area (Å²) in [4.78, 5) is 4.28. The number of benzene rings is 2. The molecule has 172 valence electrons. The SMILES string of the molecule is CCC(CC)(CNC(=NC)NCc1cc(F)ccc1CS(C)(=O)=O)c1ccccc1.I. The molecule has 0 radical (unpaired) electrons. The van der Waals surface area contributed by atoms with Crippen LogP contribution in [0.5, 0.6) is 0 Å². The Hall–Kier alpha value is -1.68. The lowest BCUT2D eigenvalue weighted by atomic mass is 9.76. The molecule has 0 bridgehead atoms. The van der Waals surface area contributed by atoms with Crippen molar-refractivity contribution >= 4 is 39.8 Å². The van der Waals surface area contributed by atoms with Gasteiger partial charge in [-0.05, 0) is 41.7 Å². The van der Waals surface area contributed by atoms with Crippen molar-refractivity contribution in [2.75, 3.05) is 19.8 Å². The summed E-state index contributed by atoms with van der Waals surface area (Å²) >= 11 is 0. The van der Waals surface area contributed by atoms with Gasteiger partial charge in [-0.15, -0.1) is 24.0 Å². The highest BCUT2D eigenvalue weighted by atomic mass is 127. The summed E-state index contributed by atoms with van der Waals surface area (Å²) < 4.78 is 37.1. The first-order valence-corrected chi connectivity index (χ1v) is 12.2. The lowest BCUT2D eigenvalue weighted by molar-refractivity contribution is 0.389. The van der Waals surface area contributed by atoms with E-state index in [1.807, 2.05) is 6.07 Å². The van der Waals surface area contributed by atoms with Gasteiger partial charge in [-0.1, -0.05) is 50.2 Å². The van der Waals surface area contributed by atoms with Gasteiger partial charge >= 0.3 is 0 Å². The molecule has 0 aliphatic heterocycles. The van der Waals surface area contributed by atoms with E-state index in [0.29, 0.717) is 23.6 Å². The zero-order valence-electron chi connectivity index (χ0n) is 18.6. The average Bonchev–Trinajstić information content (AvgIpc) is 2.72. The van der Waals surface area contributed by atoms with Crippen LogP contribution in [0.3, 0.4) is 0 Å². The van der Waals surface area contributed by atoms with Crippen LogP contribution in [-0.2, 0) is 27.5 Å². The molecular formula is C23H33FIN3O2S.